The summed E-state index contributed by atoms with van der Waals surface area (Å²) < 4.78 is 10.7. The highest BCUT2D eigenvalue weighted by Crippen LogP contribution is 2.30. The predicted molar refractivity (Wildman–Crippen MR) is 98.2 cm³/mol. The maximum Gasteiger partial charge on any atom is 0.270 e. The number of carbonyl (C=O) groups is 1. The van der Waals surface area contributed by atoms with Crippen LogP contribution in [0.3, 0.4) is 0 Å². The molecule has 0 fully saturated rings. The molecule has 0 aliphatic carbocycles. The van der Waals surface area contributed by atoms with Crippen LogP contribution in [0.5, 0.6) is 5.75 Å². The van der Waals surface area contributed by atoms with Gasteiger partial charge >= 0.3 is 0 Å². The molecule has 0 spiro atoms. The van der Waals surface area contributed by atoms with Crippen LogP contribution in [0, 0.1) is 0 Å². The number of hydrogen-bond donors (Lipinski definition) is 1. The van der Waals surface area contributed by atoms with Gasteiger partial charge in [0, 0.05) is 10.6 Å². The summed E-state index contributed by atoms with van der Waals surface area (Å²) in [5, 5.41) is 3.45. The Bertz CT molecular complexity index is 924. The van der Waals surface area contributed by atoms with Gasteiger partial charge in [-0.1, -0.05) is 23.7 Å². The minimum atomic E-state index is -0.779. The topological polar surface area (TPSA) is 77.2 Å². The van der Waals surface area contributed by atoms with E-state index in [-0.39, 0.29) is 11.6 Å². The molecule has 26 heavy (non-hydrogen) atoms. The molecule has 0 unspecified atom stereocenters. The summed E-state index contributed by atoms with van der Waals surface area (Å²) in [6, 6.07) is 10.5. The van der Waals surface area contributed by atoms with E-state index in [1.165, 1.54) is 12.5 Å². The van der Waals surface area contributed by atoms with Crippen LogP contribution in [-0.2, 0) is 5.54 Å². The lowest BCUT2D eigenvalue weighted by atomic mass is 10.1. The fourth-order valence-corrected chi connectivity index (χ4v) is 2.70. The minimum Gasteiger partial charge on any atom is -0.494 e. The first-order chi connectivity index (χ1) is 12.4. The second-order valence-electron chi connectivity index (χ2n) is 6.17. The molecule has 2 heterocycles. The Morgan fingerprint density at radius 2 is 2.08 bits per heavy atom. The number of benzene rings is 1. The van der Waals surface area contributed by atoms with Crippen molar-refractivity contribution >= 4 is 17.5 Å². The number of halogens is 1. The van der Waals surface area contributed by atoms with Crippen molar-refractivity contribution in [3.8, 4) is 17.0 Å². The second-order valence-corrected chi connectivity index (χ2v) is 6.61. The Morgan fingerprint density at radius 1 is 1.27 bits per heavy atom. The molecule has 2 aromatic heterocycles. The number of rotatable bonds is 5. The number of carbonyl (C=O) groups excluding carboxylic acids is 1. The van der Waals surface area contributed by atoms with E-state index in [9.17, 15) is 4.79 Å². The van der Waals surface area contributed by atoms with Crippen molar-refractivity contribution in [1.82, 2.24) is 15.3 Å². The first kappa shape index (κ1) is 17.9. The summed E-state index contributed by atoms with van der Waals surface area (Å²) in [7, 11) is 1.55. The van der Waals surface area contributed by atoms with Crippen LogP contribution in [0.1, 0.15) is 30.2 Å². The normalized spacial score (nSPS) is 11.2. The molecule has 134 valence electrons. The summed E-state index contributed by atoms with van der Waals surface area (Å²) in [6.45, 7) is 3.61. The maximum absolute atomic E-state index is 12.7. The molecule has 0 saturated carbocycles. The Kier molecular flexibility index (Phi) is 4.95. The molecule has 1 N–H and O–H groups in total. The predicted octanol–water partition coefficient (Wildman–Crippen LogP) is 4.06. The van der Waals surface area contributed by atoms with E-state index >= 15 is 0 Å². The molecule has 7 heteroatoms. The van der Waals surface area contributed by atoms with Crippen LogP contribution in [0.25, 0.3) is 11.3 Å². The summed E-state index contributed by atoms with van der Waals surface area (Å²) in [6.07, 6.45) is 3.00. The molecule has 0 aliphatic rings. The molecular formula is C19H18ClN3O3. The van der Waals surface area contributed by atoms with Gasteiger partial charge in [-0.05, 0) is 38.1 Å². The van der Waals surface area contributed by atoms with Gasteiger partial charge in [-0.3, -0.25) is 4.79 Å². The highest BCUT2D eigenvalue weighted by Gasteiger charge is 2.28. The summed E-state index contributed by atoms with van der Waals surface area (Å²) >= 11 is 6.07. The number of ether oxygens (including phenoxy) is 1. The van der Waals surface area contributed by atoms with Gasteiger partial charge < -0.3 is 14.5 Å². The van der Waals surface area contributed by atoms with Gasteiger partial charge in [-0.15, -0.1) is 0 Å². The number of pyridine rings is 1. The van der Waals surface area contributed by atoms with Gasteiger partial charge in [0.05, 0.1) is 13.3 Å². The summed E-state index contributed by atoms with van der Waals surface area (Å²) in [5.41, 5.74) is 0.770. The van der Waals surface area contributed by atoms with Crippen molar-refractivity contribution < 1.29 is 13.9 Å². The highest BCUT2D eigenvalue weighted by atomic mass is 35.5. The molecule has 3 aromatic rings. The molecule has 0 bridgehead atoms. The molecule has 0 aliphatic heterocycles. The second kappa shape index (κ2) is 7.17. The van der Waals surface area contributed by atoms with Gasteiger partial charge in [0.1, 0.15) is 28.9 Å². The van der Waals surface area contributed by atoms with E-state index in [1.54, 1.807) is 45.2 Å². The van der Waals surface area contributed by atoms with Gasteiger partial charge in [0.15, 0.2) is 0 Å². The Balaban J connectivity index is 1.93. The lowest BCUT2D eigenvalue weighted by molar-refractivity contribution is 0.0893. The van der Waals surface area contributed by atoms with Crippen molar-refractivity contribution in [3.05, 3.63) is 65.5 Å². The van der Waals surface area contributed by atoms with Crippen molar-refractivity contribution in [1.29, 1.82) is 0 Å². The van der Waals surface area contributed by atoms with Gasteiger partial charge in [0.25, 0.3) is 5.91 Å². The van der Waals surface area contributed by atoms with E-state index in [2.05, 4.69) is 15.3 Å². The lowest BCUT2D eigenvalue weighted by Crippen LogP contribution is -2.41. The van der Waals surface area contributed by atoms with Gasteiger partial charge in [0.2, 0.25) is 5.89 Å². The standard InChI is InChI=1S/C19H18ClN3O3/c1-19(2,18-21-9-10-26-18)23-17(24)14-7-8-15(25-3)16(22-14)12-5-4-6-13(20)11-12/h4-11H,1-3H3,(H,23,24). The van der Waals surface area contributed by atoms with E-state index in [0.717, 1.165) is 5.56 Å². The quantitative estimate of drug-likeness (QED) is 0.731. The molecule has 1 aromatic carbocycles. The van der Waals surface area contributed by atoms with E-state index in [1.807, 2.05) is 12.1 Å². The highest BCUT2D eigenvalue weighted by molar-refractivity contribution is 6.30. The van der Waals surface area contributed by atoms with Crippen molar-refractivity contribution in [2.24, 2.45) is 0 Å². The molecule has 3 rings (SSSR count). The van der Waals surface area contributed by atoms with Crippen LogP contribution < -0.4 is 10.1 Å². The first-order valence-electron chi connectivity index (χ1n) is 7.94. The SMILES string of the molecule is COc1ccc(C(=O)NC(C)(C)c2ncco2)nc1-c1cccc(Cl)c1. The fourth-order valence-electron chi connectivity index (χ4n) is 2.51. The number of methoxy groups -OCH3 is 1. The van der Waals surface area contributed by atoms with Crippen LogP contribution >= 0.6 is 11.6 Å². The number of hydrogen-bond acceptors (Lipinski definition) is 5. The van der Waals surface area contributed by atoms with E-state index in [4.69, 9.17) is 20.8 Å². The molecule has 1 amide bonds. The number of aromatic nitrogens is 2. The third-order valence-corrected chi connectivity index (χ3v) is 4.04. The van der Waals surface area contributed by atoms with Gasteiger partial charge in [-0.2, -0.15) is 0 Å². The number of oxazole rings is 1. The smallest absolute Gasteiger partial charge is 0.270 e. The third-order valence-electron chi connectivity index (χ3n) is 3.80. The zero-order valence-electron chi connectivity index (χ0n) is 14.6. The maximum atomic E-state index is 12.7. The largest absolute Gasteiger partial charge is 0.494 e. The van der Waals surface area contributed by atoms with Crippen LogP contribution in [0.2, 0.25) is 5.02 Å². The van der Waals surface area contributed by atoms with Gasteiger partial charge in [-0.25, -0.2) is 9.97 Å². The number of amides is 1. The Hall–Kier alpha value is -2.86. The lowest BCUT2D eigenvalue weighted by Gasteiger charge is -2.22. The third kappa shape index (κ3) is 3.70. The summed E-state index contributed by atoms with van der Waals surface area (Å²) in [5.74, 6) is 0.615. The Morgan fingerprint density at radius 3 is 2.73 bits per heavy atom. The monoisotopic (exact) mass is 371 g/mol. The number of nitrogens with one attached hydrogen (secondary N) is 1. The number of nitrogens with zero attached hydrogens (tertiary/aromatic N) is 2. The van der Waals surface area contributed by atoms with Crippen LogP contribution in [0.4, 0.5) is 0 Å². The Labute approximate surface area is 156 Å². The average molecular weight is 372 g/mol. The van der Waals surface area contributed by atoms with Crippen LogP contribution in [-0.4, -0.2) is 23.0 Å². The first-order valence-corrected chi connectivity index (χ1v) is 8.32. The molecule has 0 radical (unpaired) electrons. The van der Waals surface area contributed by atoms with E-state index in [0.29, 0.717) is 22.4 Å². The van der Waals surface area contributed by atoms with E-state index < -0.39 is 5.54 Å². The fraction of sp³-hybridized carbons (Fsp3) is 0.211. The van der Waals surface area contributed by atoms with Crippen molar-refractivity contribution in [2.75, 3.05) is 7.11 Å². The average Bonchev–Trinajstić information content (AvgIpc) is 3.16. The summed E-state index contributed by atoms with van der Waals surface area (Å²) in [4.78, 5) is 21.3. The zero-order chi connectivity index (χ0) is 18.7. The molecular weight excluding hydrogens is 354 g/mol. The minimum absolute atomic E-state index is 0.250. The molecule has 0 saturated heterocycles. The van der Waals surface area contributed by atoms with Crippen molar-refractivity contribution in [3.63, 3.8) is 0 Å². The zero-order valence-corrected chi connectivity index (χ0v) is 15.4. The van der Waals surface area contributed by atoms with Crippen LogP contribution in [0.15, 0.2) is 53.3 Å². The van der Waals surface area contributed by atoms with Crippen molar-refractivity contribution in [2.45, 2.75) is 19.4 Å². The molecule has 6 nitrogen and oxygen atoms in total. The molecule has 0 atom stereocenters.